The Balaban J connectivity index is 1.58. The first-order valence-electron chi connectivity index (χ1n) is 9.97. The first-order valence-corrected chi connectivity index (χ1v) is 12.3. The van der Waals surface area contributed by atoms with E-state index in [2.05, 4.69) is 15.0 Å². The summed E-state index contributed by atoms with van der Waals surface area (Å²) in [5.41, 5.74) is 2.93. The van der Waals surface area contributed by atoms with Crippen molar-refractivity contribution in [1.29, 1.82) is 0 Å². The summed E-state index contributed by atoms with van der Waals surface area (Å²) >= 11 is 1.59. The predicted molar refractivity (Wildman–Crippen MR) is 126 cm³/mol. The van der Waals surface area contributed by atoms with Gasteiger partial charge >= 0.3 is 0 Å². The van der Waals surface area contributed by atoms with Gasteiger partial charge in [-0.05, 0) is 63.9 Å². The van der Waals surface area contributed by atoms with Crippen molar-refractivity contribution in [3.8, 4) is 11.3 Å². The Kier molecular flexibility index (Phi) is 6.93. The van der Waals surface area contributed by atoms with E-state index in [1.54, 1.807) is 56.4 Å². The average molecular weight is 458 g/mol. The summed E-state index contributed by atoms with van der Waals surface area (Å²) in [5.74, 6) is -0.0993. The molecule has 0 atom stereocenters. The number of amides is 1. The van der Waals surface area contributed by atoms with Crippen LogP contribution in [0.4, 0.5) is 5.69 Å². The van der Waals surface area contributed by atoms with E-state index in [1.165, 1.54) is 0 Å². The smallest absolute Gasteiger partial charge is 0.241 e. The molecule has 0 aliphatic heterocycles. The number of nitrogens with zero attached hydrogens (tertiary/aromatic N) is 1. The third-order valence-corrected chi connectivity index (χ3v) is 6.92. The summed E-state index contributed by atoms with van der Waals surface area (Å²) in [4.78, 5) is 17.1. The lowest BCUT2D eigenvalue weighted by molar-refractivity contribution is -0.116. The highest BCUT2D eigenvalue weighted by Crippen LogP contribution is 2.24. The molecule has 0 spiro atoms. The molecular weight excluding hydrogens is 430 g/mol. The van der Waals surface area contributed by atoms with Gasteiger partial charge in [0.1, 0.15) is 0 Å². The molecule has 6 nitrogen and oxygen atoms in total. The van der Waals surface area contributed by atoms with Gasteiger partial charge in [-0.25, -0.2) is 18.1 Å². The van der Waals surface area contributed by atoms with Crippen molar-refractivity contribution in [1.82, 2.24) is 9.71 Å². The molecule has 3 aromatic rings. The standard InChI is InChI=1S/C23H27N3O3S2/c1-16-24-21(15-30-16)18-6-5-7-19(14-18)25-22(27)13-10-17-8-11-20(12-9-17)31(28,29)26-23(2,3)4/h5-9,11-12,14-15,26H,10,13H2,1-4H3,(H,25,27). The van der Waals surface area contributed by atoms with Gasteiger partial charge < -0.3 is 5.32 Å². The van der Waals surface area contributed by atoms with Crippen molar-refractivity contribution in [2.45, 2.75) is 51.0 Å². The Morgan fingerprint density at radius 1 is 1.10 bits per heavy atom. The highest BCUT2D eigenvalue weighted by molar-refractivity contribution is 7.89. The van der Waals surface area contributed by atoms with Crippen LogP contribution in [0.3, 0.4) is 0 Å². The summed E-state index contributed by atoms with van der Waals surface area (Å²) in [7, 11) is -3.57. The summed E-state index contributed by atoms with van der Waals surface area (Å²) in [6.07, 6.45) is 0.816. The fraction of sp³-hybridized carbons (Fsp3) is 0.304. The molecule has 1 heterocycles. The van der Waals surface area contributed by atoms with Crippen molar-refractivity contribution < 1.29 is 13.2 Å². The maximum Gasteiger partial charge on any atom is 0.241 e. The summed E-state index contributed by atoms with van der Waals surface area (Å²) in [5, 5.41) is 5.92. The van der Waals surface area contributed by atoms with Gasteiger partial charge in [0.25, 0.3) is 0 Å². The molecule has 1 aromatic heterocycles. The van der Waals surface area contributed by atoms with E-state index < -0.39 is 15.6 Å². The third-order valence-electron chi connectivity index (χ3n) is 4.38. The van der Waals surface area contributed by atoms with E-state index in [1.807, 2.05) is 36.6 Å². The maximum absolute atomic E-state index is 12.4. The molecule has 0 unspecified atom stereocenters. The summed E-state index contributed by atoms with van der Waals surface area (Å²) in [6, 6.07) is 14.3. The quantitative estimate of drug-likeness (QED) is 0.535. The van der Waals surface area contributed by atoms with Gasteiger partial charge in [0.2, 0.25) is 15.9 Å². The maximum atomic E-state index is 12.4. The third kappa shape index (κ3) is 6.72. The molecule has 0 aliphatic carbocycles. The molecule has 31 heavy (non-hydrogen) atoms. The number of thiazole rings is 1. The molecule has 164 valence electrons. The number of nitrogens with one attached hydrogen (secondary N) is 2. The number of aromatic nitrogens is 1. The molecular formula is C23H27N3O3S2. The molecule has 0 fully saturated rings. The Morgan fingerprint density at radius 2 is 1.81 bits per heavy atom. The van der Waals surface area contributed by atoms with Crippen LogP contribution in [0.25, 0.3) is 11.3 Å². The molecule has 0 radical (unpaired) electrons. The van der Waals surface area contributed by atoms with Crippen LogP contribution in [0.1, 0.15) is 37.8 Å². The van der Waals surface area contributed by atoms with Crippen molar-refractivity contribution in [3.05, 3.63) is 64.5 Å². The van der Waals surface area contributed by atoms with Crippen LogP contribution in [-0.2, 0) is 21.2 Å². The number of hydrogen-bond donors (Lipinski definition) is 2. The fourth-order valence-corrected chi connectivity index (χ4v) is 5.07. The monoisotopic (exact) mass is 457 g/mol. The SMILES string of the molecule is Cc1nc(-c2cccc(NC(=O)CCc3ccc(S(=O)(=O)NC(C)(C)C)cc3)c2)cs1. The van der Waals surface area contributed by atoms with E-state index in [-0.39, 0.29) is 10.8 Å². The van der Waals surface area contributed by atoms with E-state index in [4.69, 9.17) is 0 Å². The number of carbonyl (C=O) groups excluding carboxylic acids is 1. The summed E-state index contributed by atoms with van der Waals surface area (Å²) in [6.45, 7) is 7.35. The van der Waals surface area contributed by atoms with E-state index in [0.717, 1.165) is 27.5 Å². The first kappa shape index (κ1) is 23.1. The second-order valence-electron chi connectivity index (χ2n) is 8.38. The largest absolute Gasteiger partial charge is 0.326 e. The average Bonchev–Trinajstić information content (AvgIpc) is 3.11. The van der Waals surface area contributed by atoms with Crippen LogP contribution in [0.15, 0.2) is 58.8 Å². The van der Waals surface area contributed by atoms with Crippen molar-refractivity contribution >= 4 is 33.0 Å². The zero-order chi connectivity index (χ0) is 22.6. The number of sulfonamides is 1. The number of aryl methyl sites for hydroxylation is 2. The Bertz CT molecular complexity index is 1160. The topological polar surface area (TPSA) is 88.2 Å². The van der Waals surface area contributed by atoms with Crippen molar-refractivity contribution in [2.75, 3.05) is 5.32 Å². The van der Waals surface area contributed by atoms with E-state index in [9.17, 15) is 13.2 Å². The number of anilines is 1. The lowest BCUT2D eigenvalue weighted by Gasteiger charge is -2.20. The second kappa shape index (κ2) is 9.30. The second-order valence-corrected chi connectivity index (χ2v) is 11.1. The predicted octanol–water partition coefficient (Wildman–Crippen LogP) is 4.77. The van der Waals surface area contributed by atoms with Crippen LogP contribution in [-0.4, -0.2) is 24.8 Å². The van der Waals surface area contributed by atoms with Crippen molar-refractivity contribution in [2.24, 2.45) is 0 Å². The zero-order valence-electron chi connectivity index (χ0n) is 18.1. The molecule has 0 aliphatic rings. The number of benzene rings is 2. The minimum Gasteiger partial charge on any atom is -0.326 e. The molecule has 8 heteroatoms. The van der Waals surface area contributed by atoms with Gasteiger partial charge in [-0.2, -0.15) is 0 Å². The molecule has 3 rings (SSSR count). The van der Waals surface area contributed by atoms with Crippen LogP contribution in [0.2, 0.25) is 0 Å². The molecule has 2 N–H and O–H groups in total. The van der Waals surface area contributed by atoms with E-state index >= 15 is 0 Å². The Morgan fingerprint density at radius 3 is 2.42 bits per heavy atom. The molecule has 1 amide bonds. The van der Waals surface area contributed by atoms with Gasteiger partial charge in [0, 0.05) is 28.6 Å². The Labute approximate surface area is 187 Å². The van der Waals surface area contributed by atoms with Gasteiger partial charge in [-0.1, -0.05) is 24.3 Å². The van der Waals surface area contributed by atoms with E-state index in [0.29, 0.717) is 12.8 Å². The lowest BCUT2D eigenvalue weighted by Crippen LogP contribution is -2.40. The number of rotatable bonds is 7. The molecule has 0 saturated heterocycles. The first-order chi connectivity index (χ1) is 14.5. The number of carbonyl (C=O) groups is 1. The Hall–Kier alpha value is -2.55. The van der Waals surface area contributed by atoms with Gasteiger partial charge in [-0.15, -0.1) is 11.3 Å². The molecule has 0 bridgehead atoms. The molecule has 0 saturated carbocycles. The van der Waals surface area contributed by atoms with Crippen molar-refractivity contribution in [3.63, 3.8) is 0 Å². The molecule has 2 aromatic carbocycles. The van der Waals surface area contributed by atoms with Crippen LogP contribution in [0, 0.1) is 6.92 Å². The zero-order valence-corrected chi connectivity index (χ0v) is 19.7. The van der Waals surface area contributed by atoms with Crippen LogP contribution < -0.4 is 10.0 Å². The minimum atomic E-state index is -3.57. The van der Waals surface area contributed by atoms with Gasteiger partial charge in [0.15, 0.2) is 0 Å². The highest BCUT2D eigenvalue weighted by atomic mass is 32.2. The minimum absolute atomic E-state index is 0.0993. The van der Waals surface area contributed by atoms with Crippen LogP contribution >= 0.6 is 11.3 Å². The summed E-state index contributed by atoms with van der Waals surface area (Å²) < 4.78 is 27.4. The fourth-order valence-electron chi connectivity index (χ4n) is 3.03. The van der Waals surface area contributed by atoms with Gasteiger partial charge in [-0.3, -0.25) is 4.79 Å². The highest BCUT2D eigenvalue weighted by Gasteiger charge is 2.21. The number of hydrogen-bond acceptors (Lipinski definition) is 5. The van der Waals surface area contributed by atoms with Gasteiger partial charge in [0.05, 0.1) is 15.6 Å². The lowest BCUT2D eigenvalue weighted by atomic mass is 10.1. The normalized spacial score (nSPS) is 12.0. The van der Waals surface area contributed by atoms with Crippen LogP contribution in [0.5, 0.6) is 0 Å².